The molecule has 2 fully saturated rings. The van der Waals surface area contributed by atoms with Crippen molar-refractivity contribution in [3.05, 3.63) is 177 Å². The Morgan fingerprint density at radius 3 is 1.26 bits per heavy atom. The van der Waals surface area contributed by atoms with Crippen LogP contribution in [0, 0.1) is 11.8 Å². The molecule has 4 atom stereocenters. The predicted octanol–water partition coefficient (Wildman–Crippen LogP) is 8.18. The van der Waals surface area contributed by atoms with Crippen LogP contribution in [-0.2, 0) is 31.8 Å². The van der Waals surface area contributed by atoms with Crippen molar-refractivity contribution in [2.24, 2.45) is 11.8 Å². The lowest BCUT2D eigenvalue weighted by molar-refractivity contribution is -0.143. The summed E-state index contributed by atoms with van der Waals surface area (Å²) in [5, 5.41) is 1.02. The molecule has 224 valence electrons. The Balaban J connectivity index is 1.52. The molecule has 0 spiro atoms. The number of ketones is 1. The lowest BCUT2D eigenvalue weighted by Gasteiger charge is -2.39. The lowest BCUT2D eigenvalue weighted by atomic mass is 9.59. The minimum absolute atomic E-state index is 0.119. The molecule has 2 bridgehead atoms. The molecule has 2 amide bonds. The molecule has 3 aliphatic rings. The van der Waals surface area contributed by atoms with Gasteiger partial charge in [-0.15, -0.1) is 0 Å². The molecule has 5 aromatic rings. The summed E-state index contributed by atoms with van der Waals surface area (Å²) in [5.41, 5.74) is 2.29. The number of hydrogen-bond donors (Lipinski definition) is 0. The fourth-order valence-electron chi connectivity index (χ4n) is 8.34. The van der Waals surface area contributed by atoms with E-state index >= 15 is 4.79 Å². The third kappa shape index (κ3) is 3.78. The lowest BCUT2D eigenvalue weighted by Crippen LogP contribution is -2.45. The molecule has 0 aromatic heterocycles. The summed E-state index contributed by atoms with van der Waals surface area (Å²) < 4.78 is 0. The van der Waals surface area contributed by atoms with Gasteiger partial charge in [0.25, 0.3) is 0 Å². The van der Waals surface area contributed by atoms with Gasteiger partial charge in [-0.05, 0) is 63.2 Å². The molecule has 1 saturated heterocycles. The zero-order valence-electron chi connectivity index (χ0n) is 24.6. The van der Waals surface area contributed by atoms with Crippen molar-refractivity contribution >= 4 is 51.9 Å². The van der Waals surface area contributed by atoms with Crippen molar-refractivity contribution in [3.8, 4) is 0 Å². The molecule has 8 rings (SSSR count). The van der Waals surface area contributed by atoms with Crippen molar-refractivity contribution in [2.75, 3.05) is 0 Å². The fraction of sp³-hybridized carbons (Fsp3) is 0.125. The summed E-state index contributed by atoms with van der Waals surface area (Å²) >= 11 is 12.8. The first-order valence-electron chi connectivity index (χ1n) is 15.2. The highest BCUT2D eigenvalue weighted by atomic mass is 35.5. The molecule has 0 radical (unpaired) electrons. The van der Waals surface area contributed by atoms with E-state index in [4.69, 9.17) is 23.2 Å². The number of amides is 2. The van der Waals surface area contributed by atoms with Crippen LogP contribution in [0.15, 0.2) is 140 Å². The minimum Gasteiger partial charge on any atom is -0.297 e. The number of Topliss-reactive ketones (excluding diaryl/α,β-unsaturated/α-hetero) is 1. The van der Waals surface area contributed by atoms with Crippen molar-refractivity contribution in [2.45, 2.75) is 17.4 Å². The molecule has 5 aromatic carbocycles. The summed E-state index contributed by atoms with van der Waals surface area (Å²) in [7, 11) is 0. The van der Waals surface area contributed by atoms with Crippen LogP contribution in [-0.4, -0.2) is 22.5 Å². The monoisotopic (exact) mass is 639 g/mol. The molecule has 1 heterocycles. The van der Waals surface area contributed by atoms with Crippen molar-refractivity contribution in [3.63, 3.8) is 0 Å². The number of fused-ring (bicyclic) bond motifs is 5. The van der Waals surface area contributed by atoms with Gasteiger partial charge in [0.05, 0.1) is 29.2 Å². The Morgan fingerprint density at radius 2 is 0.870 bits per heavy atom. The summed E-state index contributed by atoms with van der Waals surface area (Å²) in [4.78, 5) is 47.1. The average Bonchev–Trinajstić information content (AvgIpc) is 3.59. The van der Waals surface area contributed by atoms with E-state index in [1.165, 1.54) is 4.90 Å². The van der Waals surface area contributed by atoms with Crippen LogP contribution in [0.1, 0.15) is 27.8 Å². The Kier molecular flexibility index (Phi) is 6.64. The number of carbonyl (C=O) groups excluding carboxylic acids is 3. The van der Waals surface area contributed by atoms with E-state index in [9.17, 15) is 9.59 Å². The Morgan fingerprint density at radius 1 is 0.500 bits per heavy atom. The number of imide groups is 1. The Bertz CT molecular complexity index is 1920. The number of hydrogen-bond acceptors (Lipinski definition) is 3. The number of halogens is 2. The molecule has 1 aliphatic heterocycles. The average molecular weight is 641 g/mol. The van der Waals surface area contributed by atoms with E-state index in [1.54, 1.807) is 24.3 Å². The topological polar surface area (TPSA) is 54.5 Å². The zero-order valence-corrected chi connectivity index (χ0v) is 26.1. The first kappa shape index (κ1) is 28.7. The van der Waals surface area contributed by atoms with E-state index in [1.807, 2.05) is 115 Å². The van der Waals surface area contributed by atoms with Crippen LogP contribution in [0.5, 0.6) is 0 Å². The molecule has 2 aliphatic carbocycles. The standard InChI is InChI=1S/C40H27Cl2NO3/c41-30-20-16-28(17-21-30)39-32(26-12-6-2-7-13-26)33(27-14-8-3-9-15-27)40(38(39)46,29-18-22-31(42)23-19-29)35-34(39)36(44)43(37(35)45)24-25-10-4-1-5-11-25/h1-23,34-35H,24H2/t34-,35-,39+,40+/m1/s1. The molecular formula is C40H27Cl2NO3. The maximum absolute atomic E-state index is 15.9. The third-order valence-electron chi connectivity index (χ3n) is 9.99. The van der Waals surface area contributed by atoms with E-state index in [0.29, 0.717) is 21.2 Å². The van der Waals surface area contributed by atoms with Crippen LogP contribution in [0.2, 0.25) is 10.0 Å². The van der Waals surface area contributed by atoms with Crippen LogP contribution in [0.25, 0.3) is 11.1 Å². The molecule has 0 unspecified atom stereocenters. The maximum atomic E-state index is 15.9. The fourth-order valence-corrected chi connectivity index (χ4v) is 8.59. The number of allylic oxidation sites excluding steroid dienone is 2. The van der Waals surface area contributed by atoms with Gasteiger partial charge in [0.2, 0.25) is 11.8 Å². The quantitative estimate of drug-likeness (QED) is 0.176. The van der Waals surface area contributed by atoms with Gasteiger partial charge in [-0.2, -0.15) is 0 Å². The van der Waals surface area contributed by atoms with E-state index in [0.717, 1.165) is 27.8 Å². The summed E-state index contributed by atoms with van der Waals surface area (Å²) in [6.45, 7) is 0.119. The number of carbonyl (C=O) groups is 3. The first-order chi connectivity index (χ1) is 22.4. The van der Waals surface area contributed by atoms with Gasteiger partial charge in [-0.1, -0.05) is 138 Å². The molecule has 4 nitrogen and oxygen atoms in total. The van der Waals surface area contributed by atoms with Gasteiger partial charge in [0.15, 0.2) is 5.78 Å². The van der Waals surface area contributed by atoms with Crippen LogP contribution < -0.4 is 0 Å². The summed E-state index contributed by atoms with van der Waals surface area (Å²) in [6.07, 6.45) is 0. The largest absolute Gasteiger partial charge is 0.297 e. The van der Waals surface area contributed by atoms with Gasteiger partial charge in [-0.25, -0.2) is 0 Å². The SMILES string of the molecule is O=C1[C@H]2[C@H](C(=O)N1Cc1ccccc1)[C@@]1(c3ccc(Cl)cc3)C(=O)[C@@]2(c2ccc(Cl)cc2)C(c2ccccc2)=C1c1ccccc1. The van der Waals surface area contributed by atoms with Gasteiger partial charge in [0.1, 0.15) is 0 Å². The Hall–Kier alpha value is -4.77. The van der Waals surface area contributed by atoms with Crippen LogP contribution >= 0.6 is 23.2 Å². The van der Waals surface area contributed by atoms with Crippen molar-refractivity contribution in [1.29, 1.82) is 0 Å². The normalized spacial score (nSPS) is 25.0. The maximum Gasteiger partial charge on any atom is 0.235 e. The molecule has 46 heavy (non-hydrogen) atoms. The second-order valence-electron chi connectivity index (χ2n) is 12.1. The minimum atomic E-state index is -1.47. The van der Waals surface area contributed by atoms with Gasteiger partial charge in [0, 0.05) is 10.0 Å². The van der Waals surface area contributed by atoms with E-state index < -0.39 is 22.7 Å². The van der Waals surface area contributed by atoms with Crippen molar-refractivity contribution in [1.82, 2.24) is 4.90 Å². The van der Waals surface area contributed by atoms with Crippen molar-refractivity contribution < 1.29 is 14.4 Å². The number of benzene rings is 5. The summed E-state index contributed by atoms with van der Waals surface area (Å²) in [5.74, 6) is -2.83. The smallest absolute Gasteiger partial charge is 0.235 e. The second kappa shape index (κ2) is 10.7. The molecule has 0 N–H and O–H groups in total. The van der Waals surface area contributed by atoms with E-state index in [2.05, 4.69) is 0 Å². The molecular weight excluding hydrogens is 613 g/mol. The molecule has 6 heteroatoms. The zero-order chi connectivity index (χ0) is 31.6. The third-order valence-corrected chi connectivity index (χ3v) is 10.5. The van der Waals surface area contributed by atoms with Crippen LogP contribution in [0.4, 0.5) is 0 Å². The number of rotatable bonds is 6. The van der Waals surface area contributed by atoms with Gasteiger partial charge in [-0.3, -0.25) is 19.3 Å². The first-order valence-corrected chi connectivity index (χ1v) is 16.0. The highest BCUT2D eigenvalue weighted by Crippen LogP contribution is 2.74. The summed E-state index contributed by atoms with van der Waals surface area (Å²) in [6, 6.07) is 43.4. The van der Waals surface area contributed by atoms with Gasteiger partial charge < -0.3 is 0 Å². The van der Waals surface area contributed by atoms with Gasteiger partial charge >= 0.3 is 0 Å². The van der Waals surface area contributed by atoms with Crippen LogP contribution in [0.3, 0.4) is 0 Å². The number of nitrogens with zero attached hydrogens (tertiary/aromatic N) is 1. The number of likely N-dealkylation sites (tertiary alicyclic amines) is 1. The highest BCUT2D eigenvalue weighted by molar-refractivity contribution is 6.36. The second-order valence-corrected chi connectivity index (χ2v) is 13.0. The molecule has 1 saturated carbocycles. The Labute approximate surface area is 276 Å². The van der Waals surface area contributed by atoms with E-state index in [-0.39, 0.29) is 24.1 Å². The highest BCUT2D eigenvalue weighted by Gasteiger charge is 2.82. The predicted molar refractivity (Wildman–Crippen MR) is 180 cm³/mol.